The second-order valence-corrected chi connectivity index (χ2v) is 16.1. The van der Waals surface area contributed by atoms with E-state index in [2.05, 4.69) is 196 Å². The van der Waals surface area contributed by atoms with Crippen molar-refractivity contribution in [2.45, 2.75) is 27.7 Å². The van der Waals surface area contributed by atoms with E-state index >= 15 is 0 Å². The number of hydrogen-bond acceptors (Lipinski definition) is 7. The van der Waals surface area contributed by atoms with Gasteiger partial charge in [-0.3, -0.25) is 4.98 Å². The first-order valence-electron chi connectivity index (χ1n) is 21.4. The van der Waals surface area contributed by atoms with Crippen LogP contribution in [0.15, 0.2) is 188 Å². The van der Waals surface area contributed by atoms with E-state index in [4.69, 9.17) is 29.9 Å². The van der Waals surface area contributed by atoms with Crippen molar-refractivity contribution in [3.8, 4) is 102 Å². The smallest absolute Gasteiger partial charge is 0.164 e. The Hall–Kier alpha value is -8.29. The highest BCUT2D eigenvalue weighted by Gasteiger charge is 2.23. The standard InChI is InChI=1S/C57H43N7/c1-36-16-24-41(25-17-36)52-59-53(42-26-18-37(2)19-27-42)62-56(61-52)49-12-7-5-10-46(49)47-15-9-14-45(40-32-34-58-35-33-40)51(47)48-11-6-8-13-50(48)57-63-54(43-28-20-38(3)21-29-43)60-55(64-57)44-30-22-39(4)23-31-44/h5-35H,1-4H3. The molecular weight excluding hydrogens is 783 g/mol. The summed E-state index contributed by atoms with van der Waals surface area (Å²) in [5, 5.41) is 0. The van der Waals surface area contributed by atoms with E-state index in [0.29, 0.717) is 34.9 Å². The Balaban J connectivity index is 1.21. The highest BCUT2D eigenvalue weighted by atomic mass is 15.0. The van der Waals surface area contributed by atoms with Gasteiger partial charge in [-0.05, 0) is 73.2 Å². The van der Waals surface area contributed by atoms with Crippen LogP contribution in [-0.2, 0) is 0 Å². The van der Waals surface area contributed by atoms with Gasteiger partial charge < -0.3 is 0 Å². The molecule has 0 unspecified atom stereocenters. The summed E-state index contributed by atoms with van der Waals surface area (Å²) in [7, 11) is 0. The van der Waals surface area contributed by atoms with E-state index in [-0.39, 0.29) is 0 Å². The zero-order valence-electron chi connectivity index (χ0n) is 36.0. The van der Waals surface area contributed by atoms with Crippen LogP contribution in [0.1, 0.15) is 22.3 Å². The van der Waals surface area contributed by atoms with Gasteiger partial charge in [-0.15, -0.1) is 0 Å². The minimum atomic E-state index is 0.573. The molecule has 3 aromatic heterocycles. The SMILES string of the molecule is Cc1ccc(-c2nc(-c3ccc(C)cc3)nc(-c3ccccc3-c3cccc(-c4ccncc4)c3-c3ccccc3-c3nc(-c4ccc(C)cc4)nc(-c4ccc(C)cc4)n3)n2)cc1. The topological polar surface area (TPSA) is 90.2 Å². The van der Waals surface area contributed by atoms with Gasteiger partial charge in [0.1, 0.15) is 0 Å². The first kappa shape index (κ1) is 39.8. The van der Waals surface area contributed by atoms with E-state index in [1.807, 2.05) is 24.5 Å². The monoisotopic (exact) mass is 825 g/mol. The molecule has 0 saturated heterocycles. The van der Waals surface area contributed by atoms with Crippen molar-refractivity contribution >= 4 is 0 Å². The van der Waals surface area contributed by atoms with Crippen molar-refractivity contribution in [2.24, 2.45) is 0 Å². The molecule has 0 atom stereocenters. The zero-order chi connectivity index (χ0) is 43.6. The lowest BCUT2D eigenvalue weighted by molar-refractivity contribution is 1.07. The van der Waals surface area contributed by atoms with Crippen LogP contribution in [-0.4, -0.2) is 34.9 Å². The Labute approximate surface area is 373 Å². The van der Waals surface area contributed by atoms with Gasteiger partial charge in [0.25, 0.3) is 0 Å². The van der Waals surface area contributed by atoms with Crippen LogP contribution in [0.5, 0.6) is 0 Å². The van der Waals surface area contributed by atoms with Crippen LogP contribution in [0.25, 0.3) is 102 Å². The lowest BCUT2D eigenvalue weighted by Crippen LogP contribution is -2.03. The number of rotatable bonds is 9. The summed E-state index contributed by atoms with van der Waals surface area (Å²) in [5.74, 6) is 3.57. The second kappa shape index (κ2) is 17.2. The molecule has 7 heteroatoms. The molecule has 3 heterocycles. The third-order valence-corrected chi connectivity index (χ3v) is 11.5. The summed E-state index contributed by atoms with van der Waals surface area (Å²) >= 11 is 0. The Morgan fingerprint density at radius 2 is 0.547 bits per heavy atom. The Kier molecular flexibility index (Phi) is 10.7. The summed E-state index contributed by atoms with van der Waals surface area (Å²) in [4.78, 5) is 35.4. The molecule has 0 bridgehead atoms. The molecule has 0 aliphatic carbocycles. The van der Waals surface area contributed by atoms with Crippen molar-refractivity contribution < 1.29 is 0 Å². The fourth-order valence-corrected chi connectivity index (χ4v) is 7.97. The number of aromatic nitrogens is 7. The van der Waals surface area contributed by atoms with Gasteiger partial charge in [0.05, 0.1) is 0 Å². The Bertz CT molecular complexity index is 3140. The molecule has 0 aliphatic rings. The summed E-state index contributed by atoms with van der Waals surface area (Å²) in [6, 6.07) is 60.6. The molecule has 10 aromatic rings. The molecule has 7 nitrogen and oxygen atoms in total. The quantitative estimate of drug-likeness (QED) is 0.143. The van der Waals surface area contributed by atoms with Crippen LogP contribution in [0.3, 0.4) is 0 Å². The molecule has 0 saturated carbocycles. The van der Waals surface area contributed by atoms with E-state index < -0.39 is 0 Å². The van der Waals surface area contributed by atoms with Gasteiger partial charge in [-0.1, -0.05) is 186 Å². The summed E-state index contributed by atoms with van der Waals surface area (Å²) in [6.07, 6.45) is 3.67. The molecule has 64 heavy (non-hydrogen) atoms. The van der Waals surface area contributed by atoms with Crippen molar-refractivity contribution in [3.05, 3.63) is 211 Å². The van der Waals surface area contributed by atoms with Crippen LogP contribution in [0.2, 0.25) is 0 Å². The molecule has 10 rings (SSSR count). The maximum Gasteiger partial charge on any atom is 0.164 e. The van der Waals surface area contributed by atoms with Gasteiger partial charge >= 0.3 is 0 Å². The molecule has 0 N–H and O–H groups in total. The largest absolute Gasteiger partial charge is 0.265 e. The second-order valence-electron chi connectivity index (χ2n) is 16.1. The molecule has 306 valence electrons. The molecular formula is C57H43N7. The highest BCUT2D eigenvalue weighted by molar-refractivity contribution is 6.01. The predicted octanol–water partition coefficient (Wildman–Crippen LogP) is 13.7. The third-order valence-electron chi connectivity index (χ3n) is 11.5. The normalized spacial score (nSPS) is 11.1. The van der Waals surface area contributed by atoms with Crippen LogP contribution < -0.4 is 0 Å². The van der Waals surface area contributed by atoms with Crippen LogP contribution in [0.4, 0.5) is 0 Å². The minimum absolute atomic E-state index is 0.573. The maximum atomic E-state index is 5.23. The average molecular weight is 826 g/mol. The summed E-state index contributed by atoms with van der Waals surface area (Å²) in [6.45, 7) is 8.33. The summed E-state index contributed by atoms with van der Waals surface area (Å²) in [5.41, 5.74) is 16.1. The van der Waals surface area contributed by atoms with E-state index in [9.17, 15) is 0 Å². The molecule has 0 spiro atoms. The summed E-state index contributed by atoms with van der Waals surface area (Å²) < 4.78 is 0. The first-order valence-corrected chi connectivity index (χ1v) is 21.4. The number of nitrogens with zero attached hydrogens (tertiary/aromatic N) is 7. The lowest BCUT2D eigenvalue weighted by Gasteiger charge is -2.20. The Morgan fingerprint density at radius 1 is 0.234 bits per heavy atom. The number of aryl methyl sites for hydroxylation is 4. The third kappa shape index (κ3) is 8.10. The molecule has 0 fully saturated rings. The maximum absolute atomic E-state index is 5.23. The van der Waals surface area contributed by atoms with Crippen molar-refractivity contribution in [1.82, 2.24) is 34.9 Å². The average Bonchev–Trinajstić information content (AvgIpc) is 3.34. The number of pyridine rings is 1. The van der Waals surface area contributed by atoms with E-state index in [1.165, 1.54) is 11.1 Å². The molecule has 0 amide bonds. The van der Waals surface area contributed by atoms with Crippen LogP contribution >= 0.6 is 0 Å². The van der Waals surface area contributed by atoms with Crippen LogP contribution in [0, 0.1) is 27.7 Å². The van der Waals surface area contributed by atoms with Crippen molar-refractivity contribution in [1.29, 1.82) is 0 Å². The van der Waals surface area contributed by atoms with Gasteiger partial charge in [0.15, 0.2) is 34.9 Å². The van der Waals surface area contributed by atoms with Gasteiger partial charge in [-0.2, -0.15) is 0 Å². The fraction of sp³-hybridized carbons (Fsp3) is 0.0702. The minimum Gasteiger partial charge on any atom is -0.265 e. The zero-order valence-corrected chi connectivity index (χ0v) is 36.0. The van der Waals surface area contributed by atoms with Gasteiger partial charge in [0.2, 0.25) is 0 Å². The Morgan fingerprint density at radius 3 is 0.953 bits per heavy atom. The first-order chi connectivity index (χ1) is 31.3. The van der Waals surface area contributed by atoms with Gasteiger partial charge in [-0.25, -0.2) is 29.9 Å². The van der Waals surface area contributed by atoms with Crippen molar-refractivity contribution in [3.63, 3.8) is 0 Å². The lowest BCUT2D eigenvalue weighted by atomic mass is 9.84. The fourth-order valence-electron chi connectivity index (χ4n) is 7.97. The number of hydrogen-bond donors (Lipinski definition) is 0. The van der Waals surface area contributed by atoms with E-state index in [1.54, 1.807) is 0 Å². The molecule has 0 radical (unpaired) electrons. The van der Waals surface area contributed by atoms with E-state index in [0.717, 1.165) is 77.9 Å². The molecule has 0 aliphatic heterocycles. The number of benzene rings is 7. The highest BCUT2D eigenvalue weighted by Crippen LogP contribution is 2.46. The van der Waals surface area contributed by atoms with Crippen molar-refractivity contribution in [2.75, 3.05) is 0 Å². The molecule has 7 aromatic carbocycles. The van der Waals surface area contributed by atoms with Gasteiger partial charge in [0, 0.05) is 45.8 Å². The predicted molar refractivity (Wildman–Crippen MR) is 259 cm³/mol.